The van der Waals surface area contributed by atoms with Gasteiger partial charge in [0.1, 0.15) is 0 Å². The molecule has 0 aliphatic rings. The maximum absolute atomic E-state index is 11.3. The Morgan fingerprint density at radius 1 is 1.67 bits per heavy atom. The van der Waals surface area contributed by atoms with Crippen molar-refractivity contribution in [3.05, 3.63) is 18.0 Å². The fourth-order valence-corrected chi connectivity index (χ4v) is 1.18. The molecule has 1 N–H and O–H groups in total. The molecule has 0 saturated carbocycles. The van der Waals surface area contributed by atoms with Crippen LogP contribution in [0.2, 0.25) is 0 Å². The maximum Gasteiger partial charge on any atom is 0.236 e. The third-order valence-electron chi connectivity index (χ3n) is 2.28. The van der Waals surface area contributed by atoms with Gasteiger partial charge >= 0.3 is 0 Å². The van der Waals surface area contributed by atoms with Crippen LogP contribution in [-0.4, -0.2) is 41.2 Å². The molecule has 0 aliphatic carbocycles. The van der Waals surface area contributed by atoms with Crippen LogP contribution in [-0.2, 0) is 11.8 Å². The molecule has 1 aromatic rings. The van der Waals surface area contributed by atoms with Crippen molar-refractivity contribution >= 4 is 5.91 Å². The number of likely N-dealkylation sites (N-methyl/N-ethyl adjacent to an activating group) is 1. The smallest absolute Gasteiger partial charge is 0.236 e. The van der Waals surface area contributed by atoms with Crippen molar-refractivity contribution in [1.29, 1.82) is 0 Å². The van der Waals surface area contributed by atoms with Crippen LogP contribution in [0.25, 0.3) is 0 Å². The van der Waals surface area contributed by atoms with Gasteiger partial charge < -0.3 is 10.2 Å². The van der Waals surface area contributed by atoms with Crippen LogP contribution < -0.4 is 5.32 Å². The molecule has 5 heteroatoms. The highest BCUT2D eigenvalue weighted by atomic mass is 16.2. The highest BCUT2D eigenvalue weighted by Crippen LogP contribution is 2.09. The molecule has 0 radical (unpaired) electrons. The van der Waals surface area contributed by atoms with E-state index in [1.807, 2.05) is 20.2 Å². The van der Waals surface area contributed by atoms with E-state index >= 15 is 0 Å². The van der Waals surface area contributed by atoms with Gasteiger partial charge in [0.2, 0.25) is 5.91 Å². The molecule has 0 bridgehead atoms. The maximum atomic E-state index is 11.3. The van der Waals surface area contributed by atoms with Crippen LogP contribution in [0.4, 0.5) is 0 Å². The zero-order chi connectivity index (χ0) is 11.4. The number of amides is 1. The van der Waals surface area contributed by atoms with Crippen molar-refractivity contribution < 1.29 is 4.79 Å². The molecule has 5 nitrogen and oxygen atoms in total. The Kier molecular flexibility index (Phi) is 3.85. The average Bonchev–Trinajstić information content (AvgIpc) is 2.60. The minimum absolute atomic E-state index is 0.0748. The van der Waals surface area contributed by atoms with Gasteiger partial charge in [0.25, 0.3) is 0 Å². The van der Waals surface area contributed by atoms with Gasteiger partial charge in [0, 0.05) is 38.9 Å². The summed E-state index contributed by atoms with van der Waals surface area (Å²) >= 11 is 0. The lowest BCUT2D eigenvalue weighted by Gasteiger charge is -2.14. The molecular weight excluding hydrogens is 192 g/mol. The quantitative estimate of drug-likeness (QED) is 0.770. The summed E-state index contributed by atoms with van der Waals surface area (Å²) in [6.07, 6.45) is 3.75. The Bertz CT molecular complexity index is 332. The van der Waals surface area contributed by atoms with Gasteiger partial charge in [0.05, 0.1) is 12.7 Å². The zero-order valence-electron chi connectivity index (χ0n) is 9.69. The first-order chi connectivity index (χ1) is 7.00. The van der Waals surface area contributed by atoms with Gasteiger partial charge in [-0.05, 0) is 6.92 Å². The molecule has 15 heavy (non-hydrogen) atoms. The molecule has 1 atom stereocenters. The molecule has 0 fully saturated rings. The van der Waals surface area contributed by atoms with Gasteiger partial charge in [-0.25, -0.2) is 0 Å². The minimum atomic E-state index is 0.0748. The third kappa shape index (κ3) is 3.36. The molecule has 1 aromatic heterocycles. The van der Waals surface area contributed by atoms with Gasteiger partial charge in [-0.1, -0.05) is 0 Å². The number of hydrogen-bond acceptors (Lipinski definition) is 3. The number of carbonyl (C=O) groups excluding carboxylic acids is 1. The number of nitrogens with zero attached hydrogens (tertiary/aromatic N) is 3. The summed E-state index contributed by atoms with van der Waals surface area (Å²) < 4.78 is 1.75. The number of rotatable bonds is 4. The highest BCUT2D eigenvalue weighted by Gasteiger charge is 2.09. The number of hydrogen-bond donors (Lipinski definition) is 1. The first-order valence-corrected chi connectivity index (χ1v) is 4.92. The van der Waals surface area contributed by atoms with Crippen LogP contribution in [0.1, 0.15) is 18.5 Å². The van der Waals surface area contributed by atoms with E-state index in [1.54, 1.807) is 29.9 Å². The van der Waals surface area contributed by atoms with E-state index in [0.29, 0.717) is 6.54 Å². The normalized spacial score (nSPS) is 12.5. The molecule has 84 valence electrons. The Morgan fingerprint density at radius 3 is 2.80 bits per heavy atom. The topological polar surface area (TPSA) is 50.2 Å². The van der Waals surface area contributed by atoms with Gasteiger partial charge in [-0.2, -0.15) is 5.10 Å². The molecule has 0 aromatic carbocycles. The lowest BCUT2D eigenvalue weighted by atomic mass is 10.2. The fourth-order valence-electron chi connectivity index (χ4n) is 1.18. The van der Waals surface area contributed by atoms with E-state index in [-0.39, 0.29) is 11.9 Å². The first-order valence-electron chi connectivity index (χ1n) is 4.92. The summed E-state index contributed by atoms with van der Waals surface area (Å²) in [4.78, 5) is 12.9. The number of aromatic nitrogens is 2. The molecule has 1 rings (SSSR count). The van der Waals surface area contributed by atoms with E-state index in [0.717, 1.165) is 5.56 Å². The van der Waals surface area contributed by atoms with E-state index < -0.39 is 0 Å². The van der Waals surface area contributed by atoms with Gasteiger partial charge in [0.15, 0.2) is 0 Å². The number of aryl methyl sites for hydroxylation is 1. The SMILES string of the molecule is CC(NCC(=O)N(C)C)c1cnn(C)c1. The van der Waals surface area contributed by atoms with Crippen LogP contribution in [0.5, 0.6) is 0 Å². The van der Waals surface area contributed by atoms with Crippen molar-refractivity contribution in [1.82, 2.24) is 20.0 Å². The van der Waals surface area contributed by atoms with Crippen LogP contribution >= 0.6 is 0 Å². The monoisotopic (exact) mass is 210 g/mol. The number of carbonyl (C=O) groups is 1. The van der Waals surface area contributed by atoms with Gasteiger partial charge in [-0.15, -0.1) is 0 Å². The molecule has 1 amide bonds. The van der Waals surface area contributed by atoms with Crippen molar-refractivity contribution in [2.45, 2.75) is 13.0 Å². The zero-order valence-corrected chi connectivity index (χ0v) is 9.69. The molecule has 0 aliphatic heterocycles. The summed E-state index contributed by atoms with van der Waals surface area (Å²) in [5, 5.41) is 7.23. The summed E-state index contributed by atoms with van der Waals surface area (Å²) in [5.74, 6) is 0.0748. The molecule has 0 saturated heterocycles. The third-order valence-corrected chi connectivity index (χ3v) is 2.28. The fraction of sp³-hybridized carbons (Fsp3) is 0.600. The predicted octanol–water partition coefficient (Wildman–Crippen LogP) is 0.159. The van der Waals surface area contributed by atoms with E-state index in [2.05, 4.69) is 10.4 Å². The lowest BCUT2D eigenvalue weighted by molar-refractivity contribution is -0.127. The molecule has 0 spiro atoms. The molecule has 1 unspecified atom stereocenters. The Labute approximate surface area is 90.1 Å². The predicted molar refractivity (Wildman–Crippen MR) is 58.3 cm³/mol. The summed E-state index contributed by atoms with van der Waals surface area (Å²) in [7, 11) is 5.37. The number of nitrogens with one attached hydrogen (secondary N) is 1. The van der Waals surface area contributed by atoms with Crippen molar-refractivity contribution in [2.75, 3.05) is 20.6 Å². The lowest BCUT2D eigenvalue weighted by Crippen LogP contribution is -2.34. The van der Waals surface area contributed by atoms with Crippen molar-refractivity contribution in [3.63, 3.8) is 0 Å². The van der Waals surface area contributed by atoms with Crippen LogP contribution in [0.3, 0.4) is 0 Å². The molecule has 1 heterocycles. The van der Waals surface area contributed by atoms with Crippen LogP contribution in [0, 0.1) is 0 Å². The Hall–Kier alpha value is -1.36. The second-order valence-corrected chi connectivity index (χ2v) is 3.84. The van der Waals surface area contributed by atoms with E-state index in [1.165, 1.54) is 0 Å². The van der Waals surface area contributed by atoms with Crippen molar-refractivity contribution in [3.8, 4) is 0 Å². The van der Waals surface area contributed by atoms with E-state index in [9.17, 15) is 4.79 Å². The molecular formula is C10H18N4O. The second kappa shape index (κ2) is 4.93. The van der Waals surface area contributed by atoms with Crippen molar-refractivity contribution in [2.24, 2.45) is 7.05 Å². The summed E-state index contributed by atoms with van der Waals surface area (Å²) in [5.41, 5.74) is 1.09. The standard InChI is InChI=1S/C10H18N4O/c1-8(9-5-12-14(4)7-9)11-6-10(15)13(2)3/h5,7-8,11H,6H2,1-4H3. The second-order valence-electron chi connectivity index (χ2n) is 3.84. The van der Waals surface area contributed by atoms with Crippen LogP contribution in [0.15, 0.2) is 12.4 Å². The average molecular weight is 210 g/mol. The van der Waals surface area contributed by atoms with E-state index in [4.69, 9.17) is 0 Å². The largest absolute Gasteiger partial charge is 0.348 e. The van der Waals surface area contributed by atoms with Gasteiger partial charge in [-0.3, -0.25) is 9.48 Å². The minimum Gasteiger partial charge on any atom is -0.348 e. The first kappa shape index (κ1) is 11.7. The summed E-state index contributed by atoms with van der Waals surface area (Å²) in [6, 6.07) is 0.141. The highest BCUT2D eigenvalue weighted by molar-refractivity contribution is 5.77. The Morgan fingerprint density at radius 2 is 2.33 bits per heavy atom. The Balaban J connectivity index is 2.43. The summed E-state index contributed by atoms with van der Waals surface area (Å²) in [6.45, 7) is 2.36.